The predicted octanol–water partition coefficient (Wildman–Crippen LogP) is 1.60. The van der Waals surface area contributed by atoms with Crippen LogP contribution in [-0.2, 0) is 19.1 Å². The Balaban J connectivity index is 2.37. The van der Waals surface area contributed by atoms with Gasteiger partial charge in [0.15, 0.2) is 13.2 Å². The highest BCUT2D eigenvalue weighted by Crippen LogP contribution is 2.18. The summed E-state index contributed by atoms with van der Waals surface area (Å²) < 4.78 is 10.3. The summed E-state index contributed by atoms with van der Waals surface area (Å²) in [5.41, 5.74) is 1.64. The van der Waals surface area contributed by atoms with Crippen molar-refractivity contribution in [3.63, 3.8) is 0 Å². The Morgan fingerprint density at radius 2 is 1.77 bits per heavy atom. The second-order valence-electron chi connectivity index (χ2n) is 7.27. The zero-order chi connectivity index (χ0) is 19.9. The largest absolute Gasteiger partial charge is 0.482 e. The molecule has 0 radical (unpaired) electrons. The summed E-state index contributed by atoms with van der Waals surface area (Å²) in [7, 11) is 1.48. The average Bonchev–Trinajstić information content (AvgIpc) is 2.49. The van der Waals surface area contributed by atoms with Gasteiger partial charge in [-0.3, -0.25) is 9.59 Å². The minimum atomic E-state index is -0.647. The van der Waals surface area contributed by atoms with Gasteiger partial charge in [-0.05, 0) is 46.2 Å². The monoisotopic (exact) mass is 364 g/mol. The van der Waals surface area contributed by atoms with Crippen LogP contribution in [-0.4, -0.2) is 55.0 Å². The number of benzene rings is 1. The summed E-state index contributed by atoms with van der Waals surface area (Å²) in [4.78, 5) is 36.7. The number of esters is 1. The maximum absolute atomic E-state index is 11.9. The molecule has 0 aromatic heterocycles. The van der Waals surface area contributed by atoms with Crippen LogP contribution in [0.2, 0.25) is 0 Å². The van der Waals surface area contributed by atoms with Crippen LogP contribution in [0.15, 0.2) is 18.2 Å². The normalized spacial score (nSPS) is 10.8. The topological polar surface area (TPSA) is 84.9 Å². The maximum Gasteiger partial charge on any atom is 0.344 e. The van der Waals surface area contributed by atoms with Gasteiger partial charge in [-0.15, -0.1) is 0 Å². The van der Waals surface area contributed by atoms with E-state index >= 15 is 0 Å². The number of ether oxygens (including phenoxy) is 2. The van der Waals surface area contributed by atoms with Gasteiger partial charge in [0, 0.05) is 12.6 Å². The number of amides is 2. The molecule has 1 aromatic rings. The van der Waals surface area contributed by atoms with E-state index in [4.69, 9.17) is 9.47 Å². The van der Waals surface area contributed by atoms with E-state index in [2.05, 4.69) is 5.32 Å². The van der Waals surface area contributed by atoms with E-state index < -0.39 is 18.5 Å². The molecular formula is C19H28N2O5. The molecule has 144 valence electrons. The smallest absolute Gasteiger partial charge is 0.344 e. The Bertz CT molecular complexity index is 664. The standard InChI is InChI=1S/C19H28N2O5/c1-13-7-8-15(14(2)9-13)25-12-18(24)26-11-17(23)21(6)10-16(22)20-19(3,4)5/h7-9H,10-12H2,1-6H3,(H,20,22). The van der Waals surface area contributed by atoms with Gasteiger partial charge >= 0.3 is 5.97 Å². The van der Waals surface area contributed by atoms with Gasteiger partial charge in [-0.2, -0.15) is 0 Å². The minimum absolute atomic E-state index is 0.104. The van der Waals surface area contributed by atoms with Crippen molar-refractivity contribution >= 4 is 17.8 Å². The fourth-order valence-corrected chi connectivity index (χ4v) is 2.15. The first kappa shape index (κ1) is 21.5. The molecule has 0 bridgehead atoms. The number of hydrogen-bond donors (Lipinski definition) is 1. The summed E-state index contributed by atoms with van der Waals surface area (Å²) in [5.74, 6) is -0.799. The number of carbonyl (C=O) groups is 3. The molecule has 0 unspecified atom stereocenters. The van der Waals surface area contributed by atoms with E-state index in [9.17, 15) is 14.4 Å². The first-order chi connectivity index (χ1) is 12.0. The Morgan fingerprint density at radius 1 is 1.12 bits per heavy atom. The third kappa shape index (κ3) is 8.00. The number of rotatable bonds is 7. The van der Waals surface area contributed by atoms with Crippen LogP contribution < -0.4 is 10.1 Å². The van der Waals surface area contributed by atoms with Crippen molar-refractivity contribution in [1.82, 2.24) is 10.2 Å². The first-order valence-corrected chi connectivity index (χ1v) is 8.38. The highest BCUT2D eigenvalue weighted by Gasteiger charge is 2.19. The second-order valence-corrected chi connectivity index (χ2v) is 7.27. The van der Waals surface area contributed by atoms with E-state index in [1.807, 2.05) is 46.8 Å². The fourth-order valence-electron chi connectivity index (χ4n) is 2.15. The summed E-state index contributed by atoms with van der Waals surface area (Å²) in [6.45, 7) is 8.58. The number of nitrogens with zero attached hydrogens (tertiary/aromatic N) is 1. The van der Waals surface area contributed by atoms with Gasteiger partial charge < -0.3 is 19.7 Å². The third-order valence-electron chi connectivity index (χ3n) is 3.35. The average molecular weight is 364 g/mol. The van der Waals surface area contributed by atoms with Crippen LogP contribution in [0.5, 0.6) is 5.75 Å². The van der Waals surface area contributed by atoms with Crippen LogP contribution in [0.1, 0.15) is 31.9 Å². The molecule has 0 saturated carbocycles. The molecule has 0 spiro atoms. The molecule has 26 heavy (non-hydrogen) atoms. The van der Waals surface area contributed by atoms with Gasteiger partial charge in [-0.25, -0.2) is 4.79 Å². The SMILES string of the molecule is Cc1ccc(OCC(=O)OCC(=O)N(C)CC(=O)NC(C)(C)C)c(C)c1. The fraction of sp³-hybridized carbons (Fsp3) is 0.526. The van der Waals surface area contributed by atoms with Crippen molar-refractivity contribution in [2.45, 2.75) is 40.2 Å². The molecule has 7 heteroatoms. The van der Waals surface area contributed by atoms with Crippen molar-refractivity contribution in [1.29, 1.82) is 0 Å². The maximum atomic E-state index is 11.9. The Kier molecular flexibility index (Phi) is 7.61. The van der Waals surface area contributed by atoms with Gasteiger partial charge in [0.2, 0.25) is 5.91 Å². The molecule has 0 saturated heterocycles. The van der Waals surface area contributed by atoms with Gasteiger partial charge in [0.05, 0.1) is 6.54 Å². The quantitative estimate of drug-likeness (QED) is 0.743. The number of carbonyl (C=O) groups excluding carboxylic acids is 3. The van der Waals surface area contributed by atoms with E-state index in [1.54, 1.807) is 6.07 Å². The lowest BCUT2D eigenvalue weighted by Crippen LogP contribution is -2.47. The van der Waals surface area contributed by atoms with E-state index in [1.165, 1.54) is 11.9 Å². The molecule has 0 heterocycles. The second kappa shape index (κ2) is 9.22. The Morgan fingerprint density at radius 3 is 2.35 bits per heavy atom. The van der Waals surface area contributed by atoms with Crippen LogP contribution in [0.4, 0.5) is 0 Å². The van der Waals surface area contributed by atoms with Crippen LogP contribution in [0.3, 0.4) is 0 Å². The number of likely N-dealkylation sites (N-methyl/N-ethyl adjacent to an activating group) is 1. The molecular weight excluding hydrogens is 336 g/mol. The van der Waals surface area contributed by atoms with Crippen molar-refractivity contribution in [2.24, 2.45) is 0 Å². The number of hydrogen-bond acceptors (Lipinski definition) is 5. The van der Waals surface area contributed by atoms with Crippen molar-refractivity contribution in [3.05, 3.63) is 29.3 Å². The number of aryl methyl sites for hydroxylation is 2. The minimum Gasteiger partial charge on any atom is -0.482 e. The molecule has 0 fully saturated rings. The highest BCUT2D eigenvalue weighted by atomic mass is 16.6. The lowest BCUT2D eigenvalue weighted by molar-refractivity contribution is -0.153. The molecule has 0 aliphatic rings. The molecule has 0 aliphatic carbocycles. The first-order valence-electron chi connectivity index (χ1n) is 8.38. The molecule has 1 aromatic carbocycles. The van der Waals surface area contributed by atoms with Gasteiger partial charge in [0.25, 0.3) is 5.91 Å². The van der Waals surface area contributed by atoms with Gasteiger partial charge in [-0.1, -0.05) is 17.7 Å². The van der Waals surface area contributed by atoms with E-state index in [0.717, 1.165) is 11.1 Å². The van der Waals surface area contributed by atoms with Crippen LogP contribution in [0, 0.1) is 13.8 Å². The highest BCUT2D eigenvalue weighted by molar-refractivity contribution is 5.86. The lowest BCUT2D eigenvalue weighted by atomic mass is 10.1. The summed E-state index contributed by atoms with van der Waals surface area (Å²) >= 11 is 0. The summed E-state index contributed by atoms with van der Waals surface area (Å²) in [6.07, 6.45) is 0. The summed E-state index contributed by atoms with van der Waals surface area (Å²) in [5, 5.41) is 2.76. The van der Waals surface area contributed by atoms with E-state index in [0.29, 0.717) is 5.75 Å². The third-order valence-corrected chi connectivity index (χ3v) is 3.35. The molecule has 2 amide bonds. The molecule has 0 aliphatic heterocycles. The van der Waals surface area contributed by atoms with Crippen molar-refractivity contribution in [3.8, 4) is 5.75 Å². The van der Waals surface area contributed by atoms with Crippen molar-refractivity contribution in [2.75, 3.05) is 26.8 Å². The Labute approximate surface area is 154 Å². The molecule has 0 atom stereocenters. The molecule has 1 N–H and O–H groups in total. The van der Waals surface area contributed by atoms with Crippen LogP contribution in [0.25, 0.3) is 0 Å². The van der Waals surface area contributed by atoms with Gasteiger partial charge in [0.1, 0.15) is 5.75 Å². The summed E-state index contributed by atoms with van der Waals surface area (Å²) in [6, 6.07) is 5.61. The van der Waals surface area contributed by atoms with Crippen LogP contribution >= 0.6 is 0 Å². The zero-order valence-corrected chi connectivity index (χ0v) is 16.3. The number of nitrogens with one attached hydrogen (secondary N) is 1. The molecule has 1 rings (SSSR count). The lowest BCUT2D eigenvalue weighted by Gasteiger charge is -2.23. The zero-order valence-electron chi connectivity index (χ0n) is 16.3. The predicted molar refractivity (Wildman–Crippen MR) is 97.9 cm³/mol. The van der Waals surface area contributed by atoms with E-state index in [-0.39, 0.29) is 24.6 Å². The Hall–Kier alpha value is -2.57. The molecule has 7 nitrogen and oxygen atoms in total. The van der Waals surface area contributed by atoms with Crippen molar-refractivity contribution < 1.29 is 23.9 Å².